The molecule has 2 heterocycles. The average molecular weight is 296 g/mol. The lowest BCUT2D eigenvalue weighted by Crippen LogP contribution is -2.37. The van der Waals surface area contributed by atoms with Crippen LogP contribution >= 0.6 is 11.3 Å². The fourth-order valence-electron chi connectivity index (χ4n) is 2.91. The highest BCUT2D eigenvalue weighted by Crippen LogP contribution is 2.32. The van der Waals surface area contributed by atoms with Gasteiger partial charge in [0.2, 0.25) is 0 Å². The molecule has 0 spiro atoms. The third-order valence-electron chi connectivity index (χ3n) is 3.96. The van der Waals surface area contributed by atoms with Crippen LogP contribution in [0.3, 0.4) is 0 Å². The van der Waals surface area contributed by atoms with Crippen molar-refractivity contribution >= 4 is 16.5 Å². The summed E-state index contributed by atoms with van der Waals surface area (Å²) in [4.78, 5) is 10.8. The van der Waals surface area contributed by atoms with Gasteiger partial charge >= 0.3 is 0 Å². The van der Waals surface area contributed by atoms with Crippen LogP contribution in [0.5, 0.6) is 0 Å². The van der Waals surface area contributed by atoms with Crippen molar-refractivity contribution in [3.05, 3.63) is 10.6 Å². The minimum atomic E-state index is 0.463. The Morgan fingerprint density at radius 2 is 2.00 bits per heavy atom. The molecule has 0 atom stereocenters. The fourth-order valence-corrected chi connectivity index (χ4v) is 4.05. The van der Waals surface area contributed by atoms with Gasteiger partial charge in [-0.2, -0.15) is 0 Å². The Balaban J connectivity index is 2.00. The van der Waals surface area contributed by atoms with Crippen molar-refractivity contribution in [2.45, 2.75) is 39.2 Å². The molecule has 0 aromatic carbocycles. The van der Waals surface area contributed by atoms with Crippen LogP contribution in [0, 0.1) is 5.92 Å². The van der Waals surface area contributed by atoms with Crippen molar-refractivity contribution in [2.24, 2.45) is 11.7 Å². The zero-order valence-corrected chi connectivity index (χ0v) is 14.0. The molecule has 0 amide bonds. The van der Waals surface area contributed by atoms with Gasteiger partial charge in [-0.15, -0.1) is 11.3 Å². The number of hydrogen-bond acceptors (Lipinski definition) is 5. The predicted molar refractivity (Wildman–Crippen MR) is 87.6 cm³/mol. The molecular formula is C15H28N4S. The fraction of sp³-hybridized carbons (Fsp3) is 0.800. The van der Waals surface area contributed by atoms with Crippen LogP contribution in [0.2, 0.25) is 0 Å². The number of piperidine rings is 1. The lowest BCUT2D eigenvalue weighted by Gasteiger charge is -2.33. The Kier molecular flexibility index (Phi) is 5.41. The summed E-state index contributed by atoms with van der Waals surface area (Å²) in [5, 5.41) is 1.18. The van der Waals surface area contributed by atoms with Crippen molar-refractivity contribution in [1.82, 2.24) is 9.88 Å². The van der Waals surface area contributed by atoms with Crippen LogP contribution in [-0.4, -0.2) is 43.6 Å². The van der Waals surface area contributed by atoms with Crippen LogP contribution < -0.4 is 10.6 Å². The number of nitrogens with two attached hydrogens (primary N) is 1. The lowest BCUT2D eigenvalue weighted by atomic mass is 9.97. The van der Waals surface area contributed by atoms with E-state index in [1.54, 1.807) is 11.3 Å². The Morgan fingerprint density at radius 3 is 2.45 bits per heavy atom. The summed E-state index contributed by atoms with van der Waals surface area (Å²) < 4.78 is 0. The molecule has 4 nitrogen and oxygen atoms in total. The summed E-state index contributed by atoms with van der Waals surface area (Å²) in [7, 11) is 4.32. The molecule has 0 aliphatic carbocycles. The molecule has 1 fully saturated rings. The number of thiazole rings is 1. The lowest BCUT2D eigenvalue weighted by molar-refractivity contribution is 0.285. The zero-order valence-electron chi connectivity index (χ0n) is 13.2. The summed E-state index contributed by atoms with van der Waals surface area (Å²) in [5.74, 6) is 1.30. The van der Waals surface area contributed by atoms with Crippen molar-refractivity contribution < 1.29 is 0 Å². The summed E-state index contributed by atoms with van der Waals surface area (Å²) >= 11 is 1.79. The van der Waals surface area contributed by atoms with Gasteiger partial charge in [0.25, 0.3) is 0 Å². The van der Waals surface area contributed by atoms with Gasteiger partial charge in [-0.3, -0.25) is 0 Å². The van der Waals surface area contributed by atoms with Crippen molar-refractivity contribution in [2.75, 3.05) is 38.6 Å². The summed E-state index contributed by atoms with van der Waals surface area (Å²) in [6.45, 7) is 8.48. The molecular weight excluding hydrogens is 268 g/mol. The molecule has 1 aromatic heterocycles. The average Bonchev–Trinajstić information content (AvgIpc) is 2.83. The topological polar surface area (TPSA) is 45.4 Å². The summed E-state index contributed by atoms with van der Waals surface area (Å²) in [6.07, 6.45) is 2.54. The van der Waals surface area contributed by atoms with E-state index in [0.717, 1.165) is 19.0 Å². The molecule has 1 saturated heterocycles. The molecule has 0 bridgehead atoms. The molecule has 114 valence electrons. The van der Waals surface area contributed by atoms with Gasteiger partial charge in [-0.1, -0.05) is 13.8 Å². The number of hydrogen-bond donors (Lipinski definition) is 1. The van der Waals surface area contributed by atoms with E-state index in [2.05, 4.69) is 37.7 Å². The standard InChI is InChI=1S/C15H28N4S/c1-11(2)14-13(9-16)20-15(17-14)19-7-5-12(6-8-19)10-18(3)4/h11-12H,5-10,16H2,1-4H3. The van der Waals surface area contributed by atoms with Gasteiger partial charge in [0.05, 0.1) is 5.69 Å². The maximum atomic E-state index is 5.85. The first-order chi connectivity index (χ1) is 9.51. The van der Waals surface area contributed by atoms with E-state index >= 15 is 0 Å². The molecule has 2 rings (SSSR count). The van der Waals surface area contributed by atoms with E-state index in [0.29, 0.717) is 12.5 Å². The molecule has 0 unspecified atom stereocenters. The van der Waals surface area contributed by atoms with Crippen molar-refractivity contribution in [1.29, 1.82) is 0 Å². The normalized spacial score (nSPS) is 17.4. The molecule has 0 saturated carbocycles. The number of nitrogens with zero attached hydrogens (tertiary/aromatic N) is 3. The molecule has 5 heteroatoms. The molecule has 0 radical (unpaired) electrons. The van der Waals surface area contributed by atoms with E-state index in [4.69, 9.17) is 10.7 Å². The highest BCUT2D eigenvalue weighted by atomic mass is 32.1. The molecule has 20 heavy (non-hydrogen) atoms. The van der Waals surface area contributed by atoms with E-state index in [1.807, 2.05) is 0 Å². The largest absolute Gasteiger partial charge is 0.348 e. The molecule has 1 aromatic rings. The van der Waals surface area contributed by atoms with Gasteiger partial charge < -0.3 is 15.5 Å². The smallest absolute Gasteiger partial charge is 0.185 e. The zero-order chi connectivity index (χ0) is 14.7. The van der Waals surface area contributed by atoms with Crippen LogP contribution in [0.25, 0.3) is 0 Å². The van der Waals surface area contributed by atoms with Crippen molar-refractivity contribution in [3.63, 3.8) is 0 Å². The van der Waals surface area contributed by atoms with Crippen LogP contribution in [0.15, 0.2) is 0 Å². The predicted octanol–water partition coefficient (Wildman–Crippen LogP) is 2.50. The SMILES string of the molecule is CC(C)c1nc(N2CCC(CN(C)C)CC2)sc1CN. The van der Waals surface area contributed by atoms with Crippen LogP contribution in [0.4, 0.5) is 5.13 Å². The summed E-state index contributed by atoms with van der Waals surface area (Å²) in [5.41, 5.74) is 7.05. The maximum Gasteiger partial charge on any atom is 0.185 e. The molecule has 1 aliphatic rings. The number of anilines is 1. The summed E-state index contributed by atoms with van der Waals surface area (Å²) in [6, 6.07) is 0. The van der Waals surface area contributed by atoms with E-state index in [1.165, 1.54) is 35.1 Å². The minimum Gasteiger partial charge on any atom is -0.348 e. The van der Waals surface area contributed by atoms with E-state index in [9.17, 15) is 0 Å². The van der Waals surface area contributed by atoms with Gasteiger partial charge in [-0.05, 0) is 38.8 Å². The quantitative estimate of drug-likeness (QED) is 0.907. The third-order valence-corrected chi connectivity index (χ3v) is 5.11. The van der Waals surface area contributed by atoms with Crippen LogP contribution in [0.1, 0.15) is 43.2 Å². The second-order valence-electron chi connectivity index (χ2n) is 6.36. The van der Waals surface area contributed by atoms with Gasteiger partial charge in [-0.25, -0.2) is 4.98 Å². The van der Waals surface area contributed by atoms with E-state index in [-0.39, 0.29) is 0 Å². The molecule has 2 N–H and O–H groups in total. The Bertz CT molecular complexity index is 420. The second kappa shape index (κ2) is 6.87. The van der Waals surface area contributed by atoms with Crippen molar-refractivity contribution in [3.8, 4) is 0 Å². The Labute approximate surface area is 127 Å². The first kappa shape index (κ1) is 15.7. The monoisotopic (exact) mass is 296 g/mol. The Morgan fingerprint density at radius 1 is 1.35 bits per heavy atom. The maximum absolute atomic E-state index is 5.85. The van der Waals surface area contributed by atoms with Gasteiger partial charge in [0, 0.05) is 31.1 Å². The Hall–Kier alpha value is -0.650. The van der Waals surface area contributed by atoms with E-state index < -0.39 is 0 Å². The number of rotatable bonds is 5. The van der Waals surface area contributed by atoms with Gasteiger partial charge in [0.15, 0.2) is 5.13 Å². The third kappa shape index (κ3) is 3.71. The van der Waals surface area contributed by atoms with Crippen LogP contribution in [-0.2, 0) is 6.54 Å². The first-order valence-corrected chi connectivity index (χ1v) is 8.42. The van der Waals surface area contributed by atoms with Gasteiger partial charge in [0.1, 0.15) is 0 Å². The highest BCUT2D eigenvalue weighted by molar-refractivity contribution is 7.15. The first-order valence-electron chi connectivity index (χ1n) is 7.60. The minimum absolute atomic E-state index is 0.463. The highest BCUT2D eigenvalue weighted by Gasteiger charge is 2.23. The number of aromatic nitrogens is 1. The molecule has 1 aliphatic heterocycles. The second-order valence-corrected chi connectivity index (χ2v) is 7.42.